The van der Waals surface area contributed by atoms with Crippen LogP contribution >= 0.6 is 0 Å². The van der Waals surface area contributed by atoms with Gasteiger partial charge in [0.15, 0.2) is 0 Å². The van der Waals surface area contributed by atoms with Crippen molar-refractivity contribution in [3.63, 3.8) is 0 Å². The predicted octanol–water partition coefficient (Wildman–Crippen LogP) is 1.03. The Labute approximate surface area is 114 Å². The minimum absolute atomic E-state index is 0.00347. The van der Waals surface area contributed by atoms with E-state index in [4.69, 9.17) is 5.73 Å². The second kappa shape index (κ2) is 5.90. The van der Waals surface area contributed by atoms with Crippen LogP contribution in [0.3, 0.4) is 0 Å². The number of nitrogen functional groups attached to an aromatic ring is 1. The Kier molecular flexibility index (Phi) is 4.44. The highest BCUT2D eigenvalue weighted by Gasteiger charge is 2.24. The van der Waals surface area contributed by atoms with Crippen molar-refractivity contribution in [3.05, 3.63) is 24.3 Å². The van der Waals surface area contributed by atoms with Gasteiger partial charge in [0.05, 0.1) is 4.90 Å². The largest absolute Gasteiger partial charge is 0.399 e. The minimum atomic E-state index is -3.44. The van der Waals surface area contributed by atoms with Gasteiger partial charge in [-0.05, 0) is 50.2 Å². The van der Waals surface area contributed by atoms with Crippen LogP contribution in [0.25, 0.3) is 0 Å². The van der Waals surface area contributed by atoms with Gasteiger partial charge in [-0.15, -0.1) is 0 Å². The third-order valence-corrected chi connectivity index (χ3v) is 5.00. The maximum atomic E-state index is 12.2. The second-order valence-electron chi connectivity index (χ2n) is 4.92. The van der Waals surface area contributed by atoms with Gasteiger partial charge in [0.25, 0.3) is 0 Å². The van der Waals surface area contributed by atoms with Crippen molar-refractivity contribution in [2.45, 2.75) is 30.7 Å². The molecule has 0 spiro atoms. The fourth-order valence-corrected chi connectivity index (χ4v) is 3.64. The molecule has 2 rings (SSSR count). The molecule has 1 aliphatic rings. The zero-order valence-corrected chi connectivity index (χ0v) is 12.0. The van der Waals surface area contributed by atoms with E-state index in [1.54, 1.807) is 12.1 Å². The molecular formula is C13H21N3O2S. The Balaban J connectivity index is 2.06. The van der Waals surface area contributed by atoms with Crippen LogP contribution in [0.5, 0.6) is 0 Å². The van der Waals surface area contributed by atoms with E-state index in [0.29, 0.717) is 5.69 Å². The molecule has 1 aliphatic heterocycles. The van der Waals surface area contributed by atoms with Crippen LogP contribution in [0.1, 0.15) is 19.8 Å². The third kappa shape index (κ3) is 3.68. The molecule has 0 aliphatic carbocycles. The molecule has 0 aromatic heterocycles. The van der Waals surface area contributed by atoms with Gasteiger partial charge in [0, 0.05) is 18.3 Å². The Hall–Kier alpha value is -1.11. The van der Waals surface area contributed by atoms with Gasteiger partial charge in [-0.25, -0.2) is 13.1 Å². The number of likely N-dealkylation sites (N-methyl/N-ethyl adjacent to an activating group) is 1. The maximum absolute atomic E-state index is 12.2. The average Bonchev–Trinajstić information content (AvgIpc) is 2.39. The molecule has 1 heterocycles. The zero-order valence-electron chi connectivity index (χ0n) is 11.2. The van der Waals surface area contributed by atoms with E-state index in [1.165, 1.54) is 12.1 Å². The van der Waals surface area contributed by atoms with Crippen LogP contribution in [0.4, 0.5) is 5.69 Å². The Bertz CT molecular complexity index is 513. The third-order valence-electron chi connectivity index (χ3n) is 3.46. The highest BCUT2D eigenvalue weighted by atomic mass is 32.2. The van der Waals surface area contributed by atoms with E-state index in [9.17, 15) is 8.42 Å². The molecule has 1 fully saturated rings. The van der Waals surface area contributed by atoms with E-state index in [-0.39, 0.29) is 10.9 Å². The number of anilines is 1. The molecule has 19 heavy (non-hydrogen) atoms. The number of benzene rings is 1. The fraction of sp³-hybridized carbons (Fsp3) is 0.538. The van der Waals surface area contributed by atoms with E-state index < -0.39 is 10.0 Å². The SMILES string of the molecule is CCN1CCC[C@H](NS(=O)(=O)c2ccc(N)cc2)C1. The van der Waals surface area contributed by atoms with Gasteiger partial charge in [-0.2, -0.15) is 0 Å². The summed E-state index contributed by atoms with van der Waals surface area (Å²) in [6, 6.07) is 6.29. The molecule has 1 atom stereocenters. The van der Waals surface area contributed by atoms with Crippen molar-refractivity contribution in [2.75, 3.05) is 25.4 Å². The molecule has 106 valence electrons. The summed E-state index contributed by atoms with van der Waals surface area (Å²) in [5.74, 6) is 0. The molecular weight excluding hydrogens is 262 g/mol. The Morgan fingerprint density at radius 3 is 2.68 bits per heavy atom. The lowest BCUT2D eigenvalue weighted by Gasteiger charge is -2.32. The van der Waals surface area contributed by atoms with Gasteiger partial charge in [0.2, 0.25) is 10.0 Å². The number of nitrogens with zero attached hydrogens (tertiary/aromatic N) is 1. The molecule has 0 bridgehead atoms. The Morgan fingerprint density at radius 2 is 2.05 bits per heavy atom. The monoisotopic (exact) mass is 283 g/mol. The first-order valence-electron chi connectivity index (χ1n) is 6.61. The number of sulfonamides is 1. The summed E-state index contributed by atoms with van der Waals surface area (Å²) in [6.07, 6.45) is 1.92. The van der Waals surface area contributed by atoms with E-state index in [1.807, 2.05) is 0 Å². The van der Waals surface area contributed by atoms with Gasteiger partial charge in [0.1, 0.15) is 0 Å². The van der Waals surface area contributed by atoms with E-state index in [2.05, 4.69) is 16.5 Å². The summed E-state index contributed by atoms with van der Waals surface area (Å²) in [5, 5.41) is 0. The van der Waals surface area contributed by atoms with E-state index >= 15 is 0 Å². The minimum Gasteiger partial charge on any atom is -0.399 e. The highest BCUT2D eigenvalue weighted by Crippen LogP contribution is 2.15. The van der Waals surface area contributed by atoms with Crippen LogP contribution in [-0.4, -0.2) is 39.0 Å². The molecule has 6 heteroatoms. The zero-order chi connectivity index (χ0) is 13.9. The number of hydrogen-bond donors (Lipinski definition) is 2. The lowest BCUT2D eigenvalue weighted by atomic mass is 10.1. The maximum Gasteiger partial charge on any atom is 0.240 e. The predicted molar refractivity (Wildman–Crippen MR) is 76.3 cm³/mol. The number of rotatable bonds is 4. The van der Waals surface area contributed by atoms with Crippen molar-refractivity contribution < 1.29 is 8.42 Å². The molecule has 1 aromatic carbocycles. The molecule has 0 amide bonds. The molecule has 5 nitrogen and oxygen atoms in total. The van der Waals surface area contributed by atoms with Crippen molar-refractivity contribution in [2.24, 2.45) is 0 Å². The number of nitrogens with one attached hydrogen (secondary N) is 1. The topological polar surface area (TPSA) is 75.4 Å². The summed E-state index contributed by atoms with van der Waals surface area (Å²) in [4.78, 5) is 2.54. The highest BCUT2D eigenvalue weighted by molar-refractivity contribution is 7.89. The molecule has 1 saturated heterocycles. The quantitative estimate of drug-likeness (QED) is 0.809. The van der Waals surface area contributed by atoms with Crippen LogP contribution in [0.15, 0.2) is 29.2 Å². The first kappa shape index (κ1) is 14.3. The van der Waals surface area contributed by atoms with Crippen LogP contribution in [0.2, 0.25) is 0 Å². The molecule has 3 N–H and O–H groups in total. The van der Waals surface area contributed by atoms with Gasteiger partial charge >= 0.3 is 0 Å². The summed E-state index contributed by atoms with van der Waals surface area (Å²) < 4.78 is 27.3. The van der Waals surface area contributed by atoms with Gasteiger partial charge in [-0.1, -0.05) is 6.92 Å². The lowest BCUT2D eigenvalue weighted by Crippen LogP contribution is -2.47. The van der Waals surface area contributed by atoms with Gasteiger partial charge < -0.3 is 10.6 Å². The van der Waals surface area contributed by atoms with Gasteiger partial charge in [-0.3, -0.25) is 0 Å². The molecule has 0 saturated carbocycles. The number of likely N-dealkylation sites (tertiary alicyclic amines) is 1. The second-order valence-corrected chi connectivity index (χ2v) is 6.64. The normalized spacial score (nSPS) is 21.4. The van der Waals surface area contributed by atoms with Crippen LogP contribution < -0.4 is 10.5 Å². The van der Waals surface area contributed by atoms with Crippen molar-refractivity contribution in [1.29, 1.82) is 0 Å². The molecule has 1 aromatic rings. The van der Waals surface area contributed by atoms with E-state index in [0.717, 1.165) is 32.5 Å². The standard InChI is InChI=1S/C13H21N3O2S/c1-2-16-9-3-4-12(10-16)15-19(17,18)13-7-5-11(14)6-8-13/h5-8,12,15H,2-4,9-10,14H2,1H3/t12-/m0/s1. The first-order chi connectivity index (χ1) is 9.01. The molecule has 0 unspecified atom stereocenters. The van der Waals surface area contributed by atoms with Crippen molar-refractivity contribution in [1.82, 2.24) is 9.62 Å². The smallest absolute Gasteiger partial charge is 0.240 e. The summed E-state index contributed by atoms with van der Waals surface area (Å²) in [7, 11) is -3.44. The first-order valence-corrected chi connectivity index (χ1v) is 8.10. The number of hydrogen-bond acceptors (Lipinski definition) is 4. The van der Waals surface area contributed by atoms with Crippen molar-refractivity contribution in [3.8, 4) is 0 Å². The Morgan fingerprint density at radius 1 is 1.37 bits per heavy atom. The van der Waals surface area contributed by atoms with Crippen molar-refractivity contribution >= 4 is 15.7 Å². The summed E-state index contributed by atoms with van der Waals surface area (Å²) in [6.45, 7) is 4.89. The van der Waals surface area contributed by atoms with Crippen LogP contribution in [0, 0.1) is 0 Å². The molecule has 0 radical (unpaired) electrons. The lowest BCUT2D eigenvalue weighted by molar-refractivity contribution is 0.211. The summed E-state index contributed by atoms with van der Waals surface area (Å²) in [5.41, 5.74) is 6.13. The summed E-state index contributed by atoms with van der Waals surface area (Å²) >= 11 is 0. The number of piperidine rings is 1. The average molecular weight is 283 g/mol. The number of nitrogens with two attached hydrogens (primary N) is 1. The van der Waals surface area contributed by atoms with Crippen LogP contribution in [-0.2, 0) is 10.0 Å². The fourth-order valence-electron chi connectivity index (χ4n) is 2.37.